The summed E-state index contributed by atoms with van der Waals surface area (Å²) in [5, 5.41) is 0. The van der Waals surface area contributed by atoms with Gasteiger partial charge in [0.15, 0.2) is 11.4 Å². The van der Waals surface area contributed by atoms with Crippen molar-refractivity contribution in [2.24, 2.45) is 13.0 Å². The average Bonchev–Trinajstić information content (AvgIpc) is 3.05. The summed E-state index contributed by atoms with van der Waals surface area (Å²) in [6.45, 7) is 2.79. The van der Waals surface area contributed by atoms with Gasteiger partial charge in [0.1, 0.15) is 5.75 Å². The average molecular weight is 394 g/mol. The number of nitrogens with zero attached hydrogens (tertiary/aromatic N) is 2. The Bertz CT molecular complexity index is 1060. The number of oxazole rings is 1. The highest BCUT2D eigenvalue weighted by Gasteiger charge is 2.25. The number of rotatable bonds is 6. The molecule has 1 fully saturated rings. The lowest BCUT2D eigenvalue weighted by Gasteiger charge is -2.31. The molecular formula is C23H26N2O4. The number of likely N-dealkylation sites (tertiary alicyclic amines) is 1. The Morgan fingerprint density at radius 3 is 2.55 bits per heavy atom. The number of carbonyl (C=O) groups excluding carboxylic acids is 1. The van der Waals surface area contributed by atoms with Gasteiger partial charge in [-0.1, -0.05) is 6.07 Å². The maximum absolute atomic E-state index is 12.7. The second-order valence-electron chi connectivity index (χ2n) is 7.69. The van der Waals surface area contributed by atoms with Gasteiger partial charge in [-0.25, -0.2) is 4.79 Å². The molecule has 0 bridgehead atoms. The first-order valence-corrected chi connectivity index (χ1v) is 10.0. The van der Waals surface area contributed by atoms with Gasteiger partial charge in [-0.05, 0) is 74.3 Å². The number of aromatic nitrogens is 1. The van der Waals surface area contributed by atoms with E-state index in [4.69, 9.17) is 9.15 Å². The van der Waals surface area contributed by atoms with Crippen LogP contribution in [0.15, 0.2) is 51.7 Å². The van der Waals surface area contributed by atoms with E-state index in [0.717, 1.165) is 61.3 Å². The van der Waals surface area contributed by atoms with E-state index in [9.17, 15) is 9.59 Å². The highest BCUT2D eigenvalue weighted by molar-refractivity contribution is 5.98. The fourth-order valence-electron chi connectivity index (χ4n) is 4.03. The Hall–Kier alpha value is -2.86. The molecule has 1 aliphatic rings. The molecule has 6 heteroatoms. The van der Waals surface area contributed by atoms with Crippen molar-refractivity contribution in [2.45, 2.75) is 19.3 Å². The Morgan fingerprint density at radius 2 is 1.86 bits per heavy atom. The number of ketones is 1. The number of hydrogen-bond donors (Lipinski definition) is 0. The predicted octanol–water partition coefficient (Wildman–Crippen LogP) is 3.28. The van der Waals surface area contributed by atoms with Gasteiger partial charge >= 0.3 is 5.76 Å². The lowest BCUT2D eigenvalue weighted by Crippen LogP contribution is -2.37. The highest BCUT2D eigenvalue weighted by atomic mass is 16.5. The summed E-state index contributed by atoms with van der Waals surface area (Å²) in [7, 11) is 3.34. The molecule has 6 nitrogen and oxygen atoms in total. The van der Waals surface area contributed by atoms with Crippen LogP contribution < -0.4 is 10.5 Å². The zero-order valence-electron chi connectivity index (χ0n) is 16.9. The van der Waals surface area contributed by atoms with Gasteiger partial charge in [-0.3, -0.25) is 9.36 Å². The highest BCUT2D eigenvalue weighted by Crippen LogP contribution is 2.23. The molecule has 0 amide bonds. The first-order valence-electron chi connectivity index (χ1n) is 10.0. The molecule has 29 heavy (non-hydrogen) atoms. The number of Topliss-reactive ketones (excluding diaryl/α,β-unsaturated/α-hetero) is 1. The van der Waals surface area contributed by atoms with E-state index in [-0.39, 0.29) is 17.5 Å². The lowest BCUT2D eigenvalue weighted by molar-refractivity contribution is 0.0841. The topological polar surface area (TPSA) is 64.7 Å². The van der Waals surface area contributed by atoms with Gasteiger partial charge in [-0.2, -0.15) is 0 Å². The van der Waals surface area contributed by atoms with E-state index in [2.05, 4.69) is 11.0 Å². The number of methoxy groups -OCH3 is 1. The Labute approximate surface area is 169 Å². The van der Waals surface area contributed by atoms with Crippen LogP contribution in [-0.2, 0) is 13.5 Å². The van der Waals surface area contributed by atoms with Crippen molar-refractivity contribution in [1.29, 1.82) is 0 Å². The van der Waals surface area contributed by atoms with Gasteiger partial charge in [0.2, 0.25) is 0 Å². The fraction of sp³-hybridized carbons (Fsp3) is 0.391. The van der Waals surface area contributed by atoms with Crippen molar-refractivity contribution in [3.05, 3.63) is 64.1 Å². The Balaban J connectivity index is 1.30. The number of aryl methyl sites for hydroxylation is 1. The molecule has 152 valence electrons. The smallest absolute Gasteiger partial charge is 0.419 e. The molecule has 1 aliphatic heterocycles. The second kappa shape index (κ2) is 8.25. The molecule has 0 unspecified atom stereocenters. The van der Waals surface area contributed by atoms with E-state index in [1.807, 2.05) is 36.4 Å². The molecule has 1 aromatic heterocycles. The van der Waals surface area contributed by atoms with E-state index in [1.54, 1.807) is 14.2 Å². The number of ether oxygens (including phenoxy) is 1. The van der Waals surface area contributed by atoms with Crippen LogP contribution in [0, 0.1) is 5.92 Å². The number of carbonyl (C=O) groups is 1. The van der Waals surface area contributed by atoms with Gasteiger partial charge in [0, 0.05) is 25.1 Å². The van der Waals surface area contributed by atoms with Crippen LogP contribution in [0.4, 0.5) is 0 Å². The molecule has 0 saturated carbocycles. The van der Waals surface area contributed by atoms with E-state index in [1.165, 1.54) is 4.57 Å². The largest absolute Gasteiger partial charge is 0.497 e. The first-order chi connectivity index (χ1) is 14.0. The molecule has 0 spiro atoms. The standard InChI is InChI=1S/C23H26N2O4/c1-24-20-8-3-16(15-21(20)29-23(24)27)9-12-25-13-10-18(11-14-25)22(26)17-4-6-19(28-2)7-5-17/h3-8,15,18H,9-14H2,1-2H3. The molecular weight excluding hydrogens is 368 g/mol. The zero-order valence-corrected chi connectivity index (χ0v) is 16.9. The van der Waals surface area contributed by atoms with Crippen LogP contribution >= 0.6 is 0 Å². The molecule has 0 radical (unpaired) electrons. The van der Waals surface area contributed by atoms with Gasteiger partial charge in [0.05, 0.1) is 12.6 Å². The maximum atomic E-state index is 12.7. The third-order valence-electron chi connectivity index (χ3n) is 5.91. The number of fused-ring (bicyclic) bond motifs is 1. The molecule has 0 aliphatic carbocycles. The third kappa shape index (κ3) is 4.12. The van der Waals surface area contributed by atoms with Crippen molar-refractivity contribution in [3.63, 3.8) is 0 Å². The van der Waals surface area contributed by atoms with Crippen molar-refractivity contribution in [3.8, 4) is 5.75 Å². The molecule has 2 aromatic carbocycles. The summed E-state index contributed by atoms with van der Waals surface area (Å²) in [4.78, 5) is 26.8. The normalized spacial score (nSPS) is 15.7. The van der Waals surface area contributed by atoms with Crippen LogP contribution in [0.5, 0.6) is 5.75 Å². The zero-order chi connectivity index (χ0) is 20.4. The van der Waals surface area contributed by atoms with Gasteiger partial charge in [0.25, 0.3) is 0 Å². The van der Waals surface area contributed by atoms with E-state index < -0.39 is 0 Å². The van der Waals surface area contributed by atoms with Gasteiger partial charge < -0.3 is 14.1 Å². The number of benzene rings is 2. The summed E-state index contributed by atoms with van der Waals surface area (Å²) in [6, 6.07) is 13.3. The van der Waals surface area contributed by atoms with E-state index in [0.29, 0.717) is 5.58 Å². The SMILES string of the molecule is COc1ccc(C(=O)C2CCN(CCc3ccc4c(c3)oc(=O)n4C)CC2)cc1. The molecule has 1 saturated heterocycles. The minimum absolute atomic E-state index is 0.0922. The first kappa shape index (κ1) is 19.5. The third-order valence-corrected chi connectivity index (χ3v) is 5.91. The quantitative estimate of drug-likeness (QED) is 0.601. The number of piperidine rings is 1. The predicted molar refractivity (Wildman–Crippen MR) is 112 cm³/mol. The monoisotopic (exact) mass is 394 g/mol. The molecule has 3 aromatic rings. The van der Waals surface area contributed by atoms with Crippen LogP contribution in [0.1, 0.15) is 28.8 Å². The van der Waals surface area contributed by atoms with Crippen LogP contribution in [0.2, 0.25) is 0 Å². The Kier molecular flexibility index (Phi) is 5.53. The summed E-state index contributed by atoms with van der Waals surface area (Å²) in [5.74, 6) is 0.761. The summed E-state index contributed by atoms with van der Waals surface area (Å²) >= 11 is 0. The molecule has 2 heterocycles. The second-order valence-corrected chi connectivity index (χ2v) is 7.69. The van der Waals surface area contributed by atoms with Crippen LogP contribution in [0.25, 0.3) is 11.1 Å². The number of hydrogen-bond acceptors (Lipinski definition) is 5. The Morgan fingerprint density at radius 1 is 1.14 bits per heavy atom. The molecule has 0 atom stereocenters. The van der Waals surface area contributed by atoms with Crippen molar-refractivity contribution in [2.75, 3.05) is 26.7 Å². The summed E-state index contributed by atoms with van der Waals surface area (Å²) in [6.07, 6.45) is 2.67. The molecule has 4 rings (SSSR count). The summed E-state index contributed by atoms with van der Waals surface area (Å²) < 4.78 is 12.0. The van der Waals surface area contributed by atoms with Crippen molar-refractivity contribution >= 4 is 16.9 Å². The van der Waals surface area contributed by atoms with Crippen LogP contribution in [0.3, 0.4) is 0 Å². The molecule has 0 N–H and O–H groups in total. The van der Waals surface area contributed by atoms with Crippen LogP contribution in [-0.4, -0.2) is 42.0 Å². The van der Waals surface area contributed by atoms with Gasteiger partial charge in [-0.15, -0.1) is 0 Å². The fourth-order valence-corrected chi connectivity index (χ4v) is 4.03. The van der Waals surface area contributed by atoms with Crippen molar-refractivity contribution in [1.82, 2.24) is 9.47 Å². The van der Waals surface area contributed by atoms with Crippen molar-refractivity contribution < 1.29 is 13.9 Å². The minimum atomic E-state index is -0.333. The minimum Gasteiger partial charge on any atom is -0.497 e. The maximum Gasteiger partial charge on any atom is 0.419 e. The lowest BCUT2D eigenvalue weighted by atomic mass is 9.88. The summed E-state index contributed by atoms with van der Waals surface area (Å²) in [5.41, 5.74) is 3.38. The van der Waals surface area contributed by atoms with E-state index >= 15 is 0 Å².